The average Bonchev–Trinajstić information content (AvgIpc) is 2.15. The third-order valence-electron chi connectivity index (χ3n) is 1.83. The Kier molecular flexibility index (Phi) is 3.86. The number of hydrogen-bond acceptors (Lipinski definition) is 1. The average molecular weight is 244 g/mol. The van der Waals surface area contributed by atoms with E-state index >= 15 is 0 Å². The van der Waals surface area contributed by atoms with Crippen LogP contribution in [0.5, 0.6) is 0 Å². The molecule has 0 fully saturated rings. The van der Waals surface area contributed by atoms with Crippen LogP contribution >= 0.6 is 11.8 Å². The quantitative estimate of drug-likeness (QED) is 0.725. The Bertz CT molecular complexity index is 401. The van der Waals surface area contributed by atoms with Crippen LogP contribution in [0.3, 0.4) is 0 Å². The van der Waals surface area contributed by atoms with Crippen molar-refractivity contribution in [2.75, 3.05) is 0 Å². The largest absolute Gasteiger partial charge is 0.416 e. The number of thioether (sulfide) groups is 1. The van der Waals surface area contributed by atoms with Crippen molar-refractivity contribution in [1.29, 1.82) is 0 Å². The van der Waals surface area contributed by atoms with Gasteiger partial charge in [0, 0.05) is 4.91 Å². The number of halogens is 3. The molecule has 4 heteroatoms. The number of allylic oxidation sites excluding steroid dienone is 1. The molecule has 0 amide bonds. The van der Waals surface area contributed by atoms with E-state index in [2.05, 4.69) is 13.2 Å². The van der Waals surface area contributed by atoms with Gasteiger partial charge in [-0.25, -0.2) is 0 Å². The molecule has 16 heavy (non-hydrogen) atoms. The van der Waals surface area contributed by atoms with E-state index < -0.39 is 11.7 Å². The molecular weight excluding hydrogens is 233 g/mol. The predicted molar refractivity (Wildman–Crippen MR) is 62.9 cm³/mol. The Morgan fingerprint density at radius 3 is 2.00 bits per heavy atom. The molecule has 86 valence electrons. The Hall–Kier alpha value is -1.16. The molecule has 0 nitrogen and oxygen atoms in total. The van der Waals surface area contributed by atoms with Crippen molar-refractivity contribution in [1.82, 2.24) is 0 Å². The molecule has 1 aromatic carbocycles. The maximum absolute atomic E-state index is 12.3. The van der Waals surface area contributed by atoms with Crippen LogP contribution in [0.1, 0.15) is 18.1 Å². The van der Waals surface area contributed by atoms with Crippen molar-refractivity contribution in [3.63, 3.8) is 0 Å². The second-order valence-corrected chi connectivity index (χ2v) is 4.70. The first-order chi connectivity index (χ1) is 7.30. The van der Waals surface area contributed by atoms with E-state index in [1.54, 1.807) is 0 Å². The summed E-state index contributed by atoms with van der Waals surface area (Å²) in [7, 11) is 0. The summed E-state index contributed by atoms with van der Waals surface area (Å²) >= 11 is 1.35. The molecule has 0 aliphatic heterocycles. The van der Waals surface area contributed by atoms with E-state index in [9.17, 15) is 13.2 Å². The van der Waals surface area contributed by atoms with Crippen molar-refractivity contribution in [2.45, 2.75) is 13.1 Å². The minimum absolute atomic E-state index is 0.649. The number of alkyl halides is 3. The van der Waals surface area contributed by atoms with Gasteiger partial charge in [-0.05, 0) is 29.5 Å². The topological polar surface area (TPSA) is 0 Å². The molecule has 0 N–H and O–H groups in total. The van der Waals surface area contributed by atoms with E-state index in [1.165, 1.54) is 23.9 Å². The summed E-state index contributed by atoms with van der Waals surface area (Å²) < 4.78 is 36.9. The van der Waals surface area contributed by atoms with Crippen LogP contribution in [0.2, 0.25) is 0 Å². The summed E-state index contributed by atoms with van der Waals surface area (Å²) in [5.41, 5.74) is 0.0328. The van der Waals surface area contributed by atoms with Gasteiger partial charge in [-0.3, -0.25) is 0 Å². The Morgan fingerprint density at radius 1 is 1.12 bits per heavy atom. The lowest BCUT2D eigenvalue weighted by Crippen LogP contribution is -2.04. The van der Waals surface area contributed by atoms with Crippen LogP contribution in [-0.4, -0.2) is 0 Å². The first kappa shape index (κ1) is 12.9. The lowest BCUT2D eigenvalue weighted by molar-refractivity contribution is -0.137. The highest BCUT2D eigenvalue weighted by Crippen LogP contribution is 2.33. The Labute approximate surface area is 96.9 Å². The van der Waals surface area contributed by atoms with Crippen LogP contribution in [0, 0.1) is 0 Å². The standard InChI is InChI=1S/C12H11F3S/c1-8(2)16-9(3)10-4-6-11(7-5-10)12(13,14)15/h4-7H,1,3H2,2H3. The molecule has 0 aliphatic rings. The van der Waals surface area contributed by atoms with Crippen LogP contribution in [-0.2, 0) is 6.18 Å². The smallest absolute Gasteiger partial charge is 0.166 e. The molecule has 0 unspecified atom stereocenters. The summed E-state index contributed by atoms with van der Waals surface area (Å²) in [4.78, 5) is 1.55. The summed E-state index contributed by atoms with van der Waals surface area (Å²) in [6.45, 7) is 9.30. The van der Waals surface area contributed by atoms with E-state index in [0.29, 0.717) is 10.5 Å². The number of rotatable bonds is 3. The summed E-state index contributed by atoms with van der Waals surface area (Å²) in [6.07, 6.45) is -4.29. The zero-order valence-electron chi connectivity index (χ0n) is 8.77. The SMILES string of the molecule is C=C(C)SC(=C)c1ccc(C(F)(F)F)cc1. The second kappa shape index (κ2) is 4.78. The molecule has 0 atom stereocenters. The third kappa shape index (κ3) is 3.45. The molecule has 0 aliphatic carbocycles. The van der Waals surface area contributed by atoms with E-state index in [4.69, 9.17) is 0 Å². The van der Waals surface area contributed by atoms with E-state index in [-0.39, 0.29) is 0 Å². The molecule has 0 radical (unpaired) electrons. The lowest BCUT2D eigenvalue weighted by atomic mass is 10.1. The maximum atomic E-state index is 12.3. The van der Waals surface area contributed by atoms with Crippen molar-refractivity contribution in [3.8, 4) is 0 Å². The van der Waals surface area contributed by atoms with Gasteiger partial charge in [0.25, 0.3) is 0 Å². The summed E-state index contributed by atoms with van der Waals surface area (Å²) in [5.74, 6) is 0. The van der Waals surface area contributed by atoms with Gasteiger partial charge < -0.3 is 0 Å². The highest BCUT2D eigenvalue weighted by atomic mass is 32.2. The lowest BCUT2D eigenvalue weighted by Gasteiger charge is -2.08. The zero-order chi connectivity index (χ0) is 12.3. The first-order valence-corrected chi connectivity index (χ1v) is 5.32. The minimum atomic E-state index is -4.29. The van der Waals surface area contributed by atoms with Crippen molar-refractivity contribution in [3.05, 3.63) is 53.5 Å². The molecular formula is C12H11F3S. The molecule has 0 saturated heterocycles. The summed E-state index contributed by atoms with van der Waals surface area (Å²) in [5, 5.41) is 0. The molecule has 1 rings (SSSR count). The van der Waals surface area contributed by atoms with Crippen LogP contribution < -0.4 is 0 Å². The van der Waals surface area contributed by atoms with E-state index in [1.807, 2.05) is 6.92 Å². The van der Waals surface area contributed by atoms with Gasteiger partial charge in [-0.1, -0.05) is 37.1 Å². The van der Waals surface area contributed by atoms with Crippen LogP contribution in [0.15, 0.2) is 42.3 Å². The fourth-order valence-electron chi connectivity index (χ4n) is 1.11. The highest BCUT2D eigenvalue weighted by Gasteiger charge is 2.29. The third-order valence-corrected chi connectivity index (χ3v) is 2.66. The molecule has 0 spiro atoms. The zero-order valence-corrected chi connectivity index (χ0v) is 9.58. The van der Waals surface area contributed by atoms with Crippen molar-refractivity contribution in [2.24, 2.45) is 0 Å². The van der Waals surface area contributed by atoms with Gasteiger partial charge in [0.1, 0.15) is 0 Å². The molecule has 0 heterocycles. The summed E-state index contributed by atoms with van der Waals surface area (Å²) in [6, 6.07) is 4.95. The number of hydrogen-bond donors (Lipinski definition) is 0. The monoisotopic (exact) mass is 244 g/mol. The van der Waals surface area contributed by atoms with Gasteiger partial charge in [0.2, 0.25) is 0 Å². The number of benzene rings is 1. The first-order valence-electron chi connectivity index (χ1n) is 4.50. The minimum Gasteiger partial charge on any atom is -0.166 e. The molecule has 1 aromatic rings. The predicted octanol–water partition coefficient (Wildman–Crippen LogP) is 4.94. The molecule has 0 bridgehead atoms. The van der Waals surface area contributed by atoms with Gasteiger partial charge in [-0.2, -0.15) is 13.2 Å². The Balaban J connectivity index is 2.87. The van der Waals surface area contributed by atoms with Crippen LogP contribution in [0.4, 0.5) is 13.2 Å². The van der Waals surface area contributed by atoms with Gasteiger partial charge >= 0.3 is 6.18 Å². The fraction of sp³-hybridized carbons (Fsp3) is 0.167. The van der Waals surface area contributed by atoms with Crippen LogP contribution in [0.25, 0.3) is 4.91 Å². The van der Waals surface area contributed by atoms with Crippen molar-refractivity contribution < 1.29 is 13.2 Å². The van der Waals surface area contributed by atoms with E-state index in [0.717, 1.165) is 17.0 Å². The Morgan fingerprint density at radius 2 is 1.62 bits per heavy atom. The highest BCUT2D eigenvalue weighted by molar-refractivity contribution is 8.11. The second-order valence-electron chi connectivity index (χ2n) is 3.30. The normalized spacial score (nSPS) is 11.2. The van der Waals surface area contributed by atoms with Gasteiger partial charge in [0.05, 0.1) is 5.56 Å². The van der Waals surface area contributed by atoms with Gasteiger partial charge in [0.15, 0.2) is 0 Å². The van der Waals surface area contributed by atoms with Crippen molar-refractivity contribution >= 4 is 16.7 Å². The maximum Gasteiger partial charge on any atom is 0.416 e. The van der Waals surface area contributed by atoms with Gasteiger partial charge in [-0.15, -0.1) is 0 Å². The molecule has 0 saturated carbocycles. The fourth-order valence-corrected chi connectivity index (χ4v) is 1.79. The molecule has 0 aromatic heterocycles.